The number of urea groups is 1. The number of anilines is 2. The highest BCUT2D eigenvalue weighted by Gasteiger charge is 2.43. The standard InChI is InChI=1S/C30H19Cl3N2O4/c31-24-14-8-7-9-20(24)18-39-27-25(32)16-19(17-26(27)33)15-23-28(36)34(21-10-3-1-4-11-21)30(38)35(29(23)37)22-12-5-2-6-13-22/h1-17H,18H2. The number of hydrogen-bond donors (Lipinski definition) is 0. The normalized spacial score (nSPS) is 13.6. The molecule has 194 valence electrons. The van der Waals surface area contributed by atoms with E-state index in [4.69, 9.17) is 39.5 Å². The molecule has 0 N–H and O–H groups in total. The lowest BCUT2D eigenvalue weighted by molar-refractivity contribution is -0.121. The van der Waals surface area contributed by atoms with Crippen LogP contribution in [0.25, 0.3) is 6.08 Å². The molecule has 4 aromatic carbocycles. The Balaban J connectivity index is 1.52. The van der Waals surface area contributed by atoms with Gasteiger partial charge in [0.05, 0.1) is 21.4 Å². The molecule has 4 aromatic rings. The quantitative estimate of drug-likeness (QED) is 0.173. The summed E-state index contributed by atoms with van der Waals surface area (Å²) in [5, 5.41) is 0.891. The number of carbonyl (C=O) groups is 3. The Labute approximate surface area is 239 Å². The molecule has 1 aliphatic heterocycles. The molecule has 1 saturated heterocycles. The summed E-state index contributed by atoms with van der Waals surface area (Å²) in [4.78, 5) is 42.4. The summed E-state index contributed by atoms with van der Waals surface area (Å²) in [7, 11) is 0. The van der Waals surface area contributed by atoms with Crippen molar-refractivity contribution in [2.45, 2.75) is 6.61 Å². The Kier molecular flexibility index (Phi) is 7.70. The highest BCUT2D eigenvalue weighted by molar-refractivity contribution is 6.46. The van der Waals surface area contributed by atoms with Gasteiger partial charge >= 0.3 is 6.03 Å². The minimum absolute atomic E-state index is 0.136. The van der Waals surface area contributed by atoms with Crippen molar-refractivity contribution in [1.29, 1.82) is 0 Å². The molecule has 4 amide bonds. The molecule has 1 aliphatic rings. The summed E-state index contributed by atoms with van der Waals surface area (Å²) in [6.07, 6.45) is 1.36. The second-order valence-electron chi connectivity index (χ2n) is 8.49. The third-order valence-corrected chi connectivity index (χ3v) is 6.87. The van der Waals surface area contributed by atoms with Crippen LogP contribution in [0.4, 0.5) is 16.2 Å². The number of amides is 4. The maximum atomic E-state index is 13.5. The molecule has 1 heterocycles. The molecule has 0 unspecified atom stereocenters. The number of hydrogen-bond acceptors (Lipinski definition) is 4. The molecule has 0 aromatic heterocycles. The number of imide groups is 2. The molecule has 0 atom stereocenters. The largest absolute Gasteiger partial charge is 0.486 e. The van der Waals surface area contributed by atoms with Crippen molar-refractivity contribution in [3.63, 3.8) is 0 Å². The average Bonchev–Trinajstić information content (AvgIpc) is 2.93. The van der Waals surface area contributed by atoms with Crippen LogP contribution in [0.15, 0.2) is 103 Å². The van der Waals surface area contributed by atoms with Crippen LogP contribution in [-0.4, -0.2) is 17.8 Å². The molecule has 5 rings (SSSR count). The lowest BCUT2D eigenvalue weighted by Gasteiger charge is -2.33. The van der Waals surface area contributed by atoms with E-state index in [2.05, 4.69) is 0 Å². The Morgan fingerprint density at radius 1 is 0.641 bits per heavy atom. The summed E-state index contributed by atoms with van der Waals surface area (Å²) >= 11 is 19.2. The number of rotatable bonds is 6. The van der Waals surface area contributed by atoms with Crippen LogP contribution in [0.3, 0.4) is 0 Å². The van der Waals surface area contributed by atoms with Gasteiger partial charge in [-0.2, -0.15) is 0 Å². The maximum absolute atomic E-state index is 13.5. The minimum Gasteiger partial charge on any atom is -0.486 e. The van der Waals surface area contributed by atoms with Crippen molar-refractivity contribution < 1.29 is 19.1 Å². The van der Waals surface area contributed by atoms with E-state index in [1.807, 2.05) is 18.2 Å². The van der Waals surface area contributed by atoms with Gasteiger partial charge in [-0.3, -0.25) is 9.59 Å². The highest BCUT2D eigenvalue weighted by Crippen LogP contribution is 2.37. The molecule has 1 fully saturated rings. The molecule has 0 bridgehead atoms. The first-order valence-corrected chi connectivity index (χ1v) is 12.9. The summed E-state index contributed by atoms with van der Waals surface area (Å²) in [6.45, 7) is 0.136. The van der Waals surface area contributed by atoms with Crippen molar-refractivity contribution in [2.75, 3.05) is 9.80 Å². The molecular formula is C30H19Cl3N2O4. The Morgan fingerprint density at radius 3 is 1.64 bits per heavy atom. The van der Waals surface area contributed by atoms with Crippen LogP contribution < -0.4 is 14.5 Å². The van der Waals surface area contributed by atoms with Gasteiger partial charge in [0.2, 0.25) is 0 Å². The van der Waals surface area contributed by atoms with E-state index < -0.39 is 17.8 Å². The van der Waals surface area contributed by atoms with Gasteiger partial charge in [0.15, 0.2) is 5.75 Å². The third-order valence-electron chi connectivity index (χ3n) is 5.94. The summed E-state index contributed by atoms with van der Waals surface area (Å²) in [5.74, 6) is -1.31. The number of para-hydroxylation sites is 2. The van der Waals surface area contributed by atoms with Crippen LogP contribution >= 0.6 is 34.8 Å². The predicted molar refractivity (Wildman–Crippen MR) is 153 cm³/mol. The fourth-order valence-electron chi connectivity index (χ4n) is 4.07. The molecule has 0 aliphatic carbocycles. The van der Waals surface area contributed by atoms with Crippen LogP contribution in [0.2, 0.25) is 15.1 Å². The highest BCUT2D eigenvalue weighted by atomic mass is 35.5. The van der Waals surface area contributed by atoms with Crippen LogP contribution in [0.1, 0.15) is 11.1 Å². The number of ether oxygens (including phenoxy) is 1. The van der Waals surface area contributed by atoms with Crippen molar-refractivity contribution in [2.24, 2.45) is 0 Å². The Bertz CT molecular complexity index is 1520. The van der Waals surface area contributed by atoms with Gasteiger partial charge in [0.1, 0.15) is 12.2 Å². The second kappa shape index (κ2) is 11.3. The van der Waals surface area contributed by atoms with Crippen molar-refractivity contribution in [3.8, 4) is 5.75 Å². The minimum atomic E-state index is -0.779. The first kappa shape index (κ1) is 26.5. The molecule has 9 heteroatoms. The molecule has 39 heavy (non-hydrogen) atoms. The van der Waals surface area contributed by atoms with Crippen LogP contribution in [0.5, 0.6) is 5.75 Å². The average molecular weight is 578 g/mol. The van der Waals surface area contributed by atoms with Gasteiger partial charge in [0.25, 0.3) is 11.8 Å². The first-order valence-electron chi connectivity index (χ1n) is 11.7. The molecular weight excluding hydrogens is 559 g/mol. The number of nitrogens with zero attached hydrogens (tertiary/aromatic N) is 2. The Morgan fingerprint density at radius 2 is 1.13 bits per heavy atom. The van der Waals surface area contributed by atoms with Gasteiger partial charge in [0, 0.05) is 10.6 Å². The smallest absolute Gasteiger partial charge is 0.343 e. The van der Waals surface area contributed by atoms with Gasteiger partial charge < -0.3 is 4.74 Å². The number of barbiturate groups is 1. The lowest BCUT2D eigenvalue weighted by atomic mass is 10.0. The van der Waals surface area contributed by atoms with Crippen molar-refractivity contribution in [3.05, 3.63) is 129 Å². The number of halogens is 3. The predicted octanol–water partition coefficient (Wildman–Crippen LogP) is 7.81. The van der Waals surface area contributed by atoms with E-state index >= 15 is 0 Å². The SMILES string of the molecule is O=C1C(=Cc2cc(Cl)c(OCc3ccccc3Cl)c(Cl)c2)C(=O)N(c2ccccc2)C(=O)N1c1ccccc1. The van der Waals surface area contributed by atoms with E-state index in [9.17, 15) is 14.4 Å². The number of benzene rings is 4. The Hall–Kier alpha value is -4.10. The summed E-state index contributed by atoms with van der Waals surface area (Å²) in [5.41, 5.74) is 1.54. The van der Waals surface area contributed by atoms with Gasteiger partial charge in [-0.1, -0.05) is 89.4 Å². The van der Waals surface area contributed by atoms with E-state index in [0.29, 0.717) is 22.0 Å². The van der Waals surface area contributed by atoms with Gasteiger partial charge in [-0.25, -0.2) is 14.6 Å². The maximum Gasteiger partial charge on any atom is 0.343 e. The molecule has 6 nitrogen and oxygen atoms in total. The van der Waals surface area contributed by atoms with Gasteiger partial charge in [-0.05, 0) is 54.1 Å². The first-order chi connectivity index (χ1) is 18.8. The third kappa shape index (κ3) is 5.40. The van der Waals surface area contributed by atoms with Crippen LogP contribution in [0, 0.1) is 0 Å². The van der Waals surface area contributed by atoms with Crippen LogP contribution in [-0.2, 0) is 16.2 Å². The summed E-state index contributed by atoms with van der Waals surface area (Å²) < 4.78 is 5.82. The van der Waals surface area contributed by atoms with E-state index in [1.54, 1.807) is 66.7 Å². The molecule has 0 radical (unpaired) electrons. The van der Waals surface area contributed by atoms with Gasteiger partial charge in [-0.15, -0.1) is 0 Å². The fourth-order valence-corrected chi connectivity index (χ4v) is 4.88. The monoisotopic (exact) mass is 576 g/mol. The lowest BCUT2D eigenvalue weighted by Crippen LogP contribution is -2.57. The molecule has 0 spiro atoms. The zero-order valence-corrected chi connectivity index (χ0v) is 22.5. The van der Waals surface area contributed by atoms with Crippen molar-refractivity contribution in [1.82, 2.24) is 0 Å². The zero-order chi connectivity index (χ0) is 27.5. The number of carbonyl (C=O) groups excluding carboxylic acids is 3. The fraction of sp³-hybridized carbons (Fsp3) is 0.0333. The summed E-state index contributed by atoms with van der Waals surface area (Å²) in [6, 6.07) is 26.3. The molecule has 0 saturated carbocycles. The zero-order valence-electron chi connectivity index (χ0n) is 20.2. The second-order valence-corrected chi connectivity index (χ2v) is 9.71. The van der Waals surface area contributed by atoms with Crippen molar-refractivity contribution >= 4 is 70.1 Å². The topological polar surface area (TPSA) is 66.9 Å². The van der Waals surface area contributed by atoms with E-state index in [1.165, 1.54) is 18.2 Å². The van der Waals surface area contributed by atoms with E-state index in [0.717, 1.165) is 15.4 Å². The van der Waals surface area contributed by atoms with E-state index in [-0.39, 0.29) is 28.0 Å².